The van der Waals surface area contributed by atoms with E-state index in [1.807, 2.05) is 0 Å². The second-order valence-corrected chi connectivity index (χ2v) is 8.01. The van der Waals surface area contributed by atoms with E-state index >= 15 is 0 Å². The molecule has 1 saturated heterocycles. The Morgan fingerprint density at radius 1 is 1.18 bits per heavy atom. The van der Waals surface area contributed by atoms with Crippen molar-refractivity contribution in [2.45, 2.75) is 37.5 Å². The third-order valence-corrected chi connectivity index (χ3v) is 6.05. The second kappa shape index (κ2) is 8.43. The number of carboxylic acids is 1. The molecule has 3 rings (SSSR count). The summed E-state index contributed by atoms with van der Waals surface area (Å²) in [5.41, 5.74) is 0.112. The molecule has 0 aromatic heterocycles. The molecule has 2 unspecified atom stereocenters. The number of alkyl halides is 3. The van der Waals surface area contributed by atoms with Gasteiger partial charge in [-0.2, -0.15) is 13.2 Å². The minimum absolute atomic E-state index is 0.170. The summed E-state index contributed by atoms with van der Waals surface area (Å²) in [5, 5.41) is 9.88. The number of benzene rings is 2. The van der Waals surface area contributed by atoms with Crippen molar-refractivity contribution in [3.05, 3.63) is 68.7 Å². The van der Waals surface area contributed by atoms with Gasteiger partial charge in [-0.15, -0.1) is 0 Å². The Bertz CT molecular complexity index is 875. The van der Waals surface area contributed by atoms with E-state index in [2.05, 4.69) is 15.9 Å². The molecule has 2 aromatic carbocycles. The SMILES string of the molecule is O=C(O)C1CCCCN1C(c1cc(C(F)(F)F)ccc1Cl)c1ccccc1Br. The van der Waals surface area contributed by atoms with E-state index < -0.39 is 29.8 Å². The first-order valence-electron chi connectivity index (χ1n) is 8.79. The minimum atomic E-state index is -4.52. The molecule has 0 radical (unpaired) electrons. The number of carbonyl (C=O) groups is 1. The Kier molecular flexibility index (Phi) is 6.37. The van der Waals surface area contributed by atoms with Gasteiger partial charge in [0, 0.05) is 9.50 Å². The smallest absolute Gasteiger partial charge is 0.416 e. The van der Waals surface area contributed by atoms with Crippen LogP contribution in [0.2, 0.25) is 5.02 Å². The van der Waals surface area contributed by atoms with Gasteiger partial charge in [-0.1, -0.05) is 52.2 Å². The monoisotopic (exact) mass is 475 g/mol. The zero-order valence-corrected chi connectivity index (χ0v) is 17.1. The van der Waals surface area contributed by atoms with Gasteiger partial charge in [-0.3, -0.25) is 9.69 Å². The minimum Gasteiger partial charge on any atom is -0.480 e. The fourth-order valence-corrected chi connectivity index (χ4v) is 4.40. The van der Waals surface area contributed by atoms with Crippen LogP contribution in [0.5, 0.6) is 0 Å². The van der Waals surface area contributed by atoms with E-state index in [1.165, 1.54) is 6.07 Å². The fraction of sp³-hybridized carbons (Fsp3) is 0.350. The zero-order valence-electron chi connectivity index (χ0n) is 14.7. The summed E-state index contributed by atoms with van der Waals surface area (Å²) < 4.78 is 40.7. The molecule has 2 atom stereocenters. The molecular weight excluding hydrogens is 459 g/mol. The second-order valence-electron chi connectivity index (χ2n) is 6.75. The Labute approximate surface area is 174 Å². The molecule has 28 heavy (non-hydrogen) atoms. The highest BCUT2D eigenvalue weighted by Crippen LogP contribution is 2.42. The van der Waals surface area contributed by atoms with E-state index in [-0.39, 0.29) is 10.6 Å². The Morgan fingerprint density at radius 2 is 1.89 bits per heavy atom. The summed E-state index contributed by atoms with van der Waals surface area (Å²) in [5.74, 6) is -0.986. The molecule has 1 aliphatic heterocycles. The van der Waals surface area contributed by atoms with Gasteiger partial charge in [-0.05, 0) is 54.8 Å². The molecule has 1 aliphatic rings. The average molecular weight is 477 g/mol. The summed E-state index contributed by atoms with van der Waals surface area (Å²) in [6.45, 7) is 0.454. The van der Waals surface area contributed by atoms with E-state index in [4.69, 9.17) is 11.6 Å². The molecule has 0 spiro atoms. The first kappa shape index (κ1) is 21.1. The number of hydrogen-bond donors (Lipinski definition) is 1. The molecule has 0 saturated carbocycles. The number of halogens is 5. The number of nitrogens with zero attached hydrogens (tertiary/aromatic N) is 1. The predicted octanol–water partition coefficient (Wildman–Crippen LogP) is 6.15. The van der Waals surface area contributed by atoms with Crippen LogP contribution in [-0.4, -0.2) is 28.6 Å². The van der Waals surface area contributed by atoms with E-state index in [1.54, 1.807) is 29.2 Å². The molecular formula is C20H18BrClF3NO2. The number of hydrogen-bond acceptors (Lipinski definition) is 2. The van der Waals surface area contributed by atoms with Gasteiger partial charge in [0.1, 0.15) is 6.04 Å². The summed E-state index contributed by atoms with van der Waals surface area (Å²) in [6, 6.07) is 8.81. The standard InChI is InChI=1S/C20H18BrClF3NO2/c21-15-6-2-1-5-13(15)18(26-10-4-3-7-17(26)19(27)28)14-11-12(20(23,24)25)8-9-16(14)22/h1-2,5-6,8-9,11,17-18H,3-4,7,10H2,(H,27,28). The van der Waals surface area contributed by atoms with Crippen LogP contribution in [0.25, 0.3) is 0 Å². The predicted molar refractivity (Wildman–Crippen MR) is 104 cm³/mol. The lowest BCUT2D eigenvalue weighted by Crippen LogP contribution is -2.47. The maximum absolute atomic E-state index is 13.3. The highest BCUT2D eigenvalue weighted by Gasteiger charge is 2.38. The van der Waals surface area contributed by atoms with Crippen molar-refractivity contribution in [3.63, 3.8) is 0 Å². The number of piperidine rings is 1. The first-order chi connectivity index (χ1) is 13.2. The van der Waals surface area contributed by atoms with Gasteiger partial charge in [0.25, 0.3) is 0 Å². The molecule has 1 fully saturated rings. The van der Waals surface area contributed by atoms with Crippen LogP contribution in [-0.2, 0) is 11.0 Å². The Balaban J connectivity index is 2.20. The van der Waals surface area contributed by atoms with Crippen molar-refractivity contribution in [2.75, 3.05) is 6.54 Å². The molecule has 0 bridgehead atoms. The van der Waals surface area contributed by atoms with Crippen molar-refractivity contribution < 1.29 is 23.1 Å². The van der Waals surface area contributed by atoms with E-state index in [0.29, 0.717) is 23.0 Å². The summed E-state index contributed by atoms with van der Waals surface area (Å²) in [6.07, 6.45) is -2.56. The van der Waals surface area contributed by atoms with Gasteiger partial charge in [0.15, 0.2) is 0 Å². The quantitative estimate of drug-likeness (QED) is 0.575. The molecule has 0 aliphatic carbocycles. The Hall–Kier alpha value is -1.57. The van der Waals surface area contributed by atoms with Crippen molar-refractivity contribution in [1.29, 1.82) is 0 Å². The normalized spacial score (nSPS) is 19.4. The van der Waals surface area contributed by atoms with Crippen LogP contribution in [0.3, 0.4) is 0 Å². The van der Waals surface area contributed by atoms with Gasteiger partial charge in [0.2, 0.25) is 0 Å². The largest absolute Gasteiger partial charge is 0.480 e. The number of carboxylic acid groups (broad SMARTS) is 1. The Morgan fingerprint density at radius 3 is 2.54 bits per heavy atom. The lowest BCUT2D eigenvalue weighted by Gasteiger charge is -2.40. The van der Waals surface area contributed by atoms with Crippen molar-refractivity contribution >= 4 is 33.5 Å². The fourth-order valence-electron chi connectivity index (χ4n) is 3.68. The van der Waals surface area contributed by atoms with Gasteiger partial charge in [-0.25, -0.2) is 0 Å². The summed E-state index contributed by atoms with van der Waals surface area (Å²) >= 11 is 9.79. The molecule has 8 heteroatoms. The number of rotatable bonds is 4. The van der Waals surface area contributed by atoms with Crippen molar-refractivity contribution in [3.8, 4) is 0 Å². The van der Waals surface area contributed by atoms with Crippen LogP contribution >= 0.6 is 27.5 Å². The highest BCUT2D eigenvalue weighted by atomic mass is 79.9. The van der Waals surface area contributed by atoms with Crippen LogP contribution in [0.1, 0.15) is 42.0 Å². The summed E-state index contributed by atoms with van der Waals surface area (Å²) in [4.78, 5) is 13.6. The third-order valence-electron chi connectivity index (χ3n) is 4.98. The zero-order chi connectivity index (χ0) is 20.5. The molecule has 150 valence electrons. The van der Waals surface area contributed by atoms with Crippen LogP contribution in [0.15, 0.2) is 46.9 Å². The number of aliphatic carboxylic acids is 1. The highest BCUT2D eigenvalue weighted by molar-refractivity contribution is 9.10. The van der Waals surface area contributed by atoms with E-state index in [0.717, 1.165) is 25.0 Å². The lowest BCUT2D eigenvalue weighted by molar-refractivity contribution is -0.145. The first-order valence-corrected chi connectivity index (χ1v) is 9.97. The van der Waals surface area contributed by atoms with Crippen molar-refractivity contribution in [1.82, 2.24) is 4.90 Å². The van der Waals surface area contributed by atoms with Crippen LogP contribution in [0, 0.1) is 0 Å². The lowest BCUT2D eigenvalue weighted by atomic mass is 9.91. The van der Waals surface area contributed by atoms with Gasteiger partial charge >= 0.3 is 12.1 Å². The van der Waals surface area contributed by atoms with Crippen molar-refractivity contribution in [2.24, 2.45) is 0 Å². The maximum Gasteiger partial charge on any atom is 0.416 e. The van der Waals surface area contributed by atoms with Crippen LogP contribution in [0.4, 0.5) is 13.2 Å². The maximum atomic E-state index is 13.3. The average Bonchev–Trinajstić information content (AvgIpc) is 2.64. The van der Waals surface area contributed by atoms with Gasteiger partial charge < -0.3 is 5.11 Å². The van der Waals surface area contributed by atoms with E-state index in [9.17, 15) is 23.1 Å². The molecule has 1 heterocycles. The van der Waals surface area contributed by atoms with Gasteiger partial charge in [0.05, 0.1) is 11.6 Å². The molecule has 2 aromatic rings. The molecule has 1 N–H and O–H groups in total. The third kappa shape index (κ3) is 4.36. The molecule has 0 amide bonds. The van der Waals surface area contributed by atoms with Crippen LogP contribution < -0.4 is 0 Å². The topological polar surface area (TPSA) is 40.5 Å². The summed E-state index contributed by atoms with van der Waals surface area (Å²) in [7, 11) is 0. The number of likely N-dealkylation sites (tertiary alicyclic amines) is 1. The molecule has 3 nitrogen and oxygen atoms in total.